The second-order valence-electron chi connectivity index (χ2n) is 5.68. The van der Waals surface area contributed by atoms with Crippen molar-refractivity contribution in [3.8, 4) is 10.7 Å². The Bertz CT molecular complexity index is 812. The van der Waals surface area contributed by atoms with Gasteiger partial charge in [0.2, 0.25) is 0 Å². The third kappa shape index (κ3) is 3.77. The lowest BCUT2D eigenvalue weighted by Gasteiger charge is -2.18. The van der Waals surface area contributed by atoms with Crippen LogP contribution in [0, 0.1) is 11.8 Å². The molecule has 2 aromatic heterocycles. The number of halogens is 3. The molecule has 2 atom stereocenters. The van der Waals surface area contributed by atoms with Crippen LogP contribution in [0.5, 0.6) is 0 Å². The summed E-state index contributed by atoms with van der Waals surface area (Å²) in [5, 5.41) is 13.5. The molecule has 0 unspecified atom stereocenters. The maximum absolute atomic E-state index is 13.0. The molecule has 11 heteroatoms. The average Bonchev–Trinajstić information content (AvgIpc) is 3.22. The van der Waals surface area contributed by atoms with Crippen molar-refractivity contribution in [2.45, 2.75) is 6.18 Å². The molecule has 0 radical (unpaired) electrons. The van der Waals surface area contributed by atoms with Gasteiger partial charge in [-0.25, -0.2) is 9.78 Å². The van der Waals surface area contributed by atoms with E-state index in [4.69, 9.17) is 5.11 Å². The Hall–Kier alpha value is -2.69. The second kappa shape index (κ2) is 6.90. The molecule has 3 heterocycles. The van der Waals surface area contributed by atoms with Crippen molar-refractivity contribution >= 4 is 29.2 Å². The molecule has 0 aromatic carbocycles. The second-order valence-corrected chi connectivity index (χ2v) is 6.54. The van der Waals surface area contributed by atoms with Gasteiger partial charge in [0.05, 0.1) is 17.5 Å². The number of anilines is 1. The number of carboxylic acids is 1. The van der Waals surface area contributed by atoms with Crippen LogP contribution < -0.4 is 5.32 Å². The molecule has 7 nitrogen and oxygen atoms in total. The number of likely N-dealkylation sites (tertiary alicyclic amines) is 1. The smallest absolute Gasteiger partial charge is 0.394 e. The summed E-state index contributed by atoms with van der Waals surface area (Å²) >= 11 is 1.22. The third-order valence-electron chi connectivity index (χ3n) is 3.97. The van der Waals surface area contributed by atoms with Crippen molar-refractivity contribution in [3.63, 3.8) is 0 Å². The predicted molar refractivity (Wildman–Crippen MR) is 86.6 cm³/mol. The van der Waals surface area contributed by atoms with Gasteiger partial charge in [-0.15, -0.1) is 11.3 Å². The summed E-state index contributed by atoms with van der Waals surface area (Å²) in [7, 11) is 0. The van der Waals surface area contributed by atoms with Gasteiger partial charge in [-0.2, -0.15) is 13.2 Å². The minimum absolute atomic E-state index is 0.169. The Morgan fingerprint density at radius 1 is 1.31 bits per heavy atom. The van der Waals surface area contributed by atoms with Crippen molar-refractivity contribution in [1.29, 1.82) is 0 Å². The van der Waals surface area contributed by atoms with Crippen LogP contribution in [0.2, 0.25) is 0 Å². The van der Waals surface area contributed by atoms with Crippen molar-refractivity contribution < 1.29 is 27.9 Å². The number of rotatable bonds is 3. The van der Waals surface area contributed by atoms with Gasteiger partial charge in [0.1, 0.15) is 10.8 Å². The molecular formula is C15H13F3N4O3S. The van der Waals surface area contributed by atoms with Gasteiger partial charge in [0.25, 0.3) is 0 Å². The summed E-state index contributed by atoms with van der Waals surface area (Å²) in [5.41, 5.74) is 0.599. The predicted octanol–water partition coefficient (Wildman–Crippen LogP) is 2.93. The number of urea groups is 1. The van der Waals surface area contributed by atoms with Gasteiger partial charge in [-0.05, 0) is 12.1 Å². The summed E-state index contributed by atoms with van der Waals surface area (Å²) in [6.45, 7) is -1.22. The number of aliphatic carboxylic acids is 1. The van der Waals surface area contributed by atoms with E-state index in [-0.39, 0.29) is 5.82 Å². The lowest BCUT2D eigenvalue weighted by atomic mass is 9.96. The Balaban J connectivity index is 1.69. The topological polar surface area (TPSA) is 95.4 Å². The van der Waals surface area contributed by atoms with E-state index in [1.54, 1.807) is 24.4 Å². The zero-order chi connectivity index (χ0) is 18.9. The number of alkyl halides is 3. The van der Waals surface area contributed by atoms with E-state index in [0.29, 0.717) is 10.7 Å². The molecule has 0 bridgehead atoms. The van der Waals surface area contributed by atoms with E-state index >= 15 is 0 Å². The van der Waals surface area contributed by atoms with E-state index in [0.717, 1.165) is 4.90 Å². The van der Waals surface area contributed by atoms with Crippen molar-refractivity contribution in [3.05, 3.63) is 29.8 Å². The SMILES string of the molecule is O=C(O)[C@@H]1CN(C(=O)Nc2csc(-c3ccccn3)n2)C[C@H]1C(F)(F)F. The molecule has 0 aliphatic carbocycles. The van der Waals surface area contributed by atoms with Gasteiger partial charge in [0.15, 0.2) is 0 Å². The van der Waals surface area contributed by atoms with Gasteiger partial charge < -0.3 is 10.0 Å². The van der Waals surface area contributed by atoms with E-state index in [1.165, 1.54) is 16.7 Å². The Morgan fingerprint density at radius 2 is 2.08 bits per heavy atom. The number of carbonyl (C=O) groups is 2. The molecule has 2 aromatic rings. The quantitative estimate of drug-likeness (QED) is 0.846. The maximum Gasteiger partial charge on any atom is 0.394 e. The fourth-order valence-electron chi connectivity index (χ4n) is 2.68. The van der Waals surface area contributed by atoms with E-state index in [9.17, 15) is 22.8 Å². The average molecular weight is 386 g/mol. The number of nitrogens with one attached hydrogen (secondary N) is 1. The third-order valence-corrected chi connectivity index (χ3v) is 4.83. The zero-order valence-corrected chi connectivity index (χ0v) is 13.9. The Kier molecular flexibility index (Phi) is 4.81. The molecule has 2 amide bonds. The number of aromatic nitrogens is 2. The summed E-state index contributed by atoms with van der Waals surface area (Å²) in [6, 6.07) is 4.43. The number of hydrogen-bond acceptors (Lipinski definition) is 5. The molecule has 26 heavy (non-hydrogen) atoms. The molecule has 138 valence electrons. The molecule has 1 aliphatic heterocycles. The van der Waals surface area contributed by atoms with Crippen molar-refractivity contribution in [2.24, 2.45) is 11.8 Å². The highest BCUT2D eigenvalue weighted by Gasteiger charge is 2.53. The van der Waals surface area contributed by atoms with Crippen LogP contribution in [0.15, 0.2) is 29.8 Å². The minimum atomic E-state index is -4.69. The van der Waals surface area contributed by atoms with Gasteiger partial charge in [0, 0.05) is 24.7 Å². The highest BCUT2D eigenvalue weighted by molar-refractivity contribution is 7.13. The van der Waals surface area contributed by atoms with Crippen molar-refractivity contribution in [1.82, 2.24) is 14.9 Å². The number of carboxylic acid groups (broad SMARTS) is 1. The molecule has 2 N–H and O–H groups in total. The summed E-state index contributed by atoms with van der Waals surface area (Å²) in [6.07, 6.45) is -3.10. The standard InChI is InChI=1S/C15H13F3N4O3S/c16-15(17,18)9-6-22(5-8(9)13(23)24)14(25)21-11-7-26-12(20-11)10-3-1-2-4-19-10/h1-4,7-9H,5-6H2,(H,21,25)(H,23,24)/t8-,9-/m1/s1. The van der Waals surface area contributed by atoms with Crippen LogP contribution in [0.4, 0.5) is 23.8 Å². The Labute approximate surface area is 149 Å². The zero-order valence-electron chi connectivity index (χ0n) is 13.1. The maximum atomic E-state index is 13.0. The molecule has 0 spiro atoms. The highest BCUT2D eigenvalue weighted by Crippen LogP contribution is 2.38. The number of carbonyl (C=O) groups excluding carboxylic acids is 1. The monoisotopic (exact) mass is 386 g/mol. The number of pyridine rings is 1. The normalized spacial score (nSPS) is 20.2. The fourth-order valence-corrected chi connectivity index (χ4v) is 3.41. The molecule has 1 saturated heterocycles. The number of amides is 2. The molecule has 3 rings (SSSR count). The van der Waals surface area contributed by atoms with Crippen molar-refractivity contribution in [2.75, 3.05) is 18.4 Å². The lowest BCUT2D eigenvalue weighted by Crippen LogP contribution is -2.35. The van der Waals surface area contributed by atoms with E-state index in [1.807, 2.05) is 0 Å². The first kappa shape index (κ1) is 18.1. The summed E-state index contributed by atoms with van der Waals surface area (Å²) in [4.78, 5) is 32.4. The minimum Gasteiger partial charge on any atom is -0.481 e. The van der Waals surface area contributed by atoms with Crippen LogP contribution in [-0.4, -0.2) is 51.2 Å². The van der Waals surface area contributed by atoms with E-state index in [2.05, 4.69) is 15.3 Å². The van der Waals surface area contributed by atoms with Crippen LogP contribution in [-0.2, 0) is 4.79 Å². The first-order valence-electron chi connectivity index (χ1n) is 7.48. The van der Waals surface area contributed by atoms with Gasteiger partial charge >= 0.3 is 18.2 Å². The number of nitrogens with zero attached hydrogens (tertiary/aromatic N) is 3. The number of thiazole rings is 1. The molecule has 0 saturated carbocycles. The largest absolute Gasteiger partial charge is 0.481 e. The molecule has 1 aliphatic rings. The summed E-state index contributed by atoms with van der Waals surface area (Å²) < 4.78 is 39.0. The first-order valence-corrected chi connectivity index (χ1v) is 8.36. The molecule has 1 fully saturated rings. The van der Waals surface area contributed by atoms with Gasteiger partial charge in [-0.3, -0.25) is 15.1 Å². The van der Waals surface area contributed by atoms with Crippen LogP contribution >= 0.6 is 11.3 Å². The highest BCUT2D eigenvalue weighted by atomic mass is 32.1. The number of hydrogen-bond donors (Lipinski definition) is 2. The fraction of sp³-hybridized carbons (Fsp3) is 0.333. The molecular weight excluding hydrogens is 373 g/mol. The first-order chi connectivity index (χ1) is 12.3. The lowest BCUT2D eigenvalue weighted by molar-refractivity contribution is -0.187. The van der Waals surface area contributed by atoms with E-state index < -0.39 is 43.1 Å². The van der Waals surface area contributed by atoms with Gasteiger partial charge in [-0.1, -0.05) is 6.07 Å². The van der Waals surface area contributed by atoms with Crippen LogP contribution in [0.3, 0.4) is 0 Å². The van der Waals surface area contributed by atoms with Crippen LogP contribution in [0.25, 0.3) is 10.7 Å². The van der Waals surface area contributed by atoms with Crippen LogP contribution in [0.1, 0.15) is 0 Å². The summed E-state index contributed by atoms with van der Waals surface area (Å²) in [5.74, 6) is -5.18. The Morgan fingerprint density at radius 3 is 2.65 bits per heavy atom.